The molecule has 0 aliphatic carbocycles. The monoisotopic (exact) mass is 464 g/mol. The fraction of sp³-hybridized carbons (Fsp3) is 0.346. The number of nitrogens with one attached hydrogen (secondary N) is 3. The van der Waals surface area contributed by atoms with Crippen LogP contribution in [0.2, 0.25) is 0 Å². The van der Waals surface area contributed by atoms with E-state index in [-0.39, 0.29) is 12.3 Å². The molecule has 0 saturated carbocycles. The lowest BCUT2D eigenvalue weighted by molar-refractivity contribution is -0.142. The van der Waals surface area contributed by atoms with Crippen molar-refractivity contribution in [2.24, 2.45) is 11.7 Å². The SMILES string of the molecule is CC(C)C[C@H](NC(=O)[C@@H](N)Cc1c[nH]c2ccccc12)C(=O)N[C@@H](Cc1ccccc1)C(=O)O. The number of rotatable bonds is 11. The highest BCUT2D eigenvalue weighted by Gasteiger charge is 2.29. The largest absolute Gasteiger partial charge is 0.480 e. The Hall–Kier alpha value is -3.65. The predicted octanol–water partition coefficient (Wildman–Crippen LogP) is 2.38. The number of carbonyl (C=O) groups excluding carboxylic acids is 2. The van der Waals surface area contributed by atoms with Gasteiger partial charge in [0.25, 0.3) is 0 Å². The number of H-pyrrole nitrogens is 1. The lowest BCUT2D eigenvalue weighted by Crippen LogP contribution is -2.55. The zero-order valence-corrected chi connectivity index (χ0v) is 19.5. The molecule has 3 rings (SSSR count). The number of carbonyl (C=O) groups is 3. The highest BCUT2D eigenvalue weighted by atomic mass is 16.4. The summed E-state index contributed by atoms with van der Waals surface area (Å²) in [6, 6.07) is 14.0. The van der Waals surface area contributed by atoms with E-state index in [1.54, 1.807) is 12.1 Å². The van der Waals surface area contributed by atoms with E-state index in [0.717, 1.165) is 22.0 Å². The fourth-order valence-electron chi connectivity index (χ4n) is 3.93. The number of aromatic amines is 1. The van der Waals surface area contributed by atoms with Crippen molar-refractivity contribution in [3.63, 3.8) is 0 Å². The summed E-state index contributed by atoms with van der Waals surface area (Å²) < 4.78 is 0. The number of aromatic nitrogens is 1. The van der Waals surface area contributed by atoms with E-state index in [2.05, 4.69) is 15.6 Å². The normalized spacial score (nSPS) is 13.9. The van der Waals surface area contributed by atoms with Crippen LogP contribution in [0.5, 0.6) is 0 Å². The number of aliphatic carboxylic acids is 1. The number of carboxylic acids is 1. The summed E-state index contributed by atoms with van der Waals surface area (Å²) in [4.78, 5) is 40.8. The molecule has 8 nitrogen and oxygen atoms in total. The van der Waals surface area contributed by atoms with Crippen LogP contribution in [0.25, 0.3) is 10.9 Å². The van der Waals surface area contributed by atoms with Crippen molar-refractivity contribution in [1.29, 1.82) is 0 Å². The van der Waals surface area contributed by atoms with Crippen LogP contribution in [0.3, 0.4) is 0 Å². The third kappa shape index (κ3) is 6.68. The maximum Gasteiger partial charge on any atom is 0.326 e. The van der Waals surface area contributed by atoms with Gasteiger partial charge < -0.3 is 26.5 Å². The van der Waals surface area contributed by atoms with Gasteiger partial charge in [-0.2, -0.15) is 0 Å². The molecule has 0 fully saturated rings. The number of nitrogens with two attached hydrogens (primary N) is 1. The summed E-state index contributed by atoms with van der Waals surface area (Å²) in [6.45, 7) is 3.86. The van der Waals surface area contributed by atoms with E-state index >= 15 is 0 Å². The second-order valence-corrected chi connectivity index (χ2v) is 8.95. The standard InChI is InChI=1S/C26H32N4O4/c1-16(2)12-22(25(32)30-23(26(33)34)13-17-8-4-3-5-9-17)29-24(31)20(27)14-18-15-28-21-11-7-6-10-19(18)21/h3-11,15-16,20,22-23,28H,12-14,27H2,1-2H3,(H,29,31)(H,30,32)(H,33,34)/t20-,22-,23-/m0/s1. The highest BCUT2D eigenvalue weighted by molar-refractivity contribution is 5.92. The lowest BCUT2D eigenvalue weighted by Gasteiger charge is -2.24. The van der Waals surface area contributed by atoms with Crippen LogP contribution in [-0.2, 0) is 27.2 Å². The zero-order valence-electron chi connectivity index (χ0n) is 19.5. The van der Waals surface area contributed by atoms with E-state index in [0.29, 0.717) is 12.8 Å². The maximum absolute atomic E-state index is 13.0. The van der Waals surface area contributed by atoms with Crippen LogP contribution in [0, 0.1) is 5.92 Å². The molecule has 1 heterocycles. The van der Waals surface area contributed by atoms with Gasteiger partial charge in [-0.05, 0) is 36.0 Å². The van der Waals surface area contributed by atoms with E-state index in [4.69, 9.17) is 5.73 Å². The van der Waals surface area contributed by atoms with Crippen molar-refractivity contribution in [2.75, 3.05) is 0 Å². The van der Waals surface area contributed by atoms with Gasteiger partial charge in [-0.25, -0.2) is 4.79 Å². The number of fused-ring (bicyclic) bond motifs is 1. The summed E-state index contributed by atoms with van der Waals surface area (Å²) in [6.07, 6.45) is 2.63. The third-order valence-corrected chi connectivity index (χ3v) is 5.69. The number of benzene rings is 2. The summed E-state index contributed by atoms with van der Waals surface area (Å²) in [7, 11) is 0. The Morgan fingerprint density at radius 3 is 2.24 bits per heavy atom. The minimum atomic E-state index is -1.14. The van der Waals surface area contributed by atoms with Crippen molar-refractivity contribution in [3.05, 3.63) is 71.9 Å². The minimum absolute atomic E-state index is 0.0956. The van der Waals surface area contributed by atoms with Gasteiger partial charge in [0, 0.05) is 23.5 Å². The third-order valence-electron chi connectivity index (χ3n) is 5.69. The Balaban J connectivity index is 1.66. The average Bonchev–Trinajstić information content (AvgIpc) is 3.21. The number of para-hydroxylation sites is 1. The smallest absolute Gasteiger partial charge is 0.326 e. The molecule has 0 aliphatic heterocycles. The van der Waals surface area contributed by atoms with Gasteiger partial charge in [0.2, 0.25) is 11.8 Å². The van der Waals surface area contributed by atoms with Crippen molar-refractivity contribution in [1.82, 2.24) is 15.6 Å². The number of hydrogen-bond acceptors (Lipinski definition) is 4. The summed E-state index contributed by atoms with van der Waals surface area (Å²) in [5.41, 5.74) is 8.84. The molecular formula is C26H32N4O4. The molecule has 6 N–H and O–H groups in total. The Morgan fingerprint density at radius 2 is 1.56 bits per heavy atom. The average molecular weight is 465 g/mol. The molecule has 2 amide bonds. The van der Waals surface area contributed by atoms with E-state index in [1.807, 2.05) is 62.5 Å². The molecule has 180 valence electrons. The predicted molar refractivity (Wildman–Crippen MR) is 131 cm³/mol. The van der Waals surface area contributed by atoms with Crippen molar-refractivity contribution in [3.8, 4) is 0 Å². The van der Waals surface area contributed by atoms with Crippen LogP contribution in [0.15, 0.2) is 60.8 Å². The molecule has 8 heteroatoms. The molecule has 3 atom stereocenters. The molecule has 0 aliphatic rings. The van der Waals surface area contributed by atoms with E-state index < -0.39 is 35.9 Å². The van der Waals surface area contributed by atoms with Gasteiger partial charge >= 0.3 is 5.97 Å². The molecule has 0 bridgehead atoms. The minimum Gasteiger partial charge on any atom is -0.480 e. The van der Waals surface area contributed by atoms with Gasteiger partial charge in [0.15, 0.2) is 0 Å². The first kappa shape index (κ1) is 25.0. The van der Waals surface area contributed by atoms with Crippen LogP contribution < -0.4 is 16.4 Å². The molecular weight excluding hydrogens is 432 g/mol. The summed E-state index contributed by atoms with van der Waals surface area (Å²) in [5, 5.41) is 15.9. The van der Waals surface area contributed by atoms with Gasteiger partial charge in [-0.1, -0.05) is 62.4 Å². The maximum atomic E-state index is 13.0. The molecule has 0 spiro atoms. The highest BCUT2D eigenvalue weighted by Crippen LogP contribution is 2.19. The summed E-state index contributed by atoms with van der Waals surface area (Å²) in [5.74, 6) is -2.04. The van der Waals surface area contributed by atoms with Crippen LogP contribution >= 0.6 is 0 Å². The van der Waals surface area contributed by atoms with E-state index in [9.17, 15) is 19.5 Å². The molecule has 2 aromatic carbocycles. The molecule has 0 unspecified atom stereocenters. The zero-order chi connectivity index (χ0) is 24.7. The van der Waals surface area contributed by atoms with Gasteiger partial charge in [0.1, 0.15) is 12.1 Å². The van der Waals surface area contributed by atoms with Gasteiger partial charge in [0.05, 0.1) is 6.04 Å². The van der Waals surface area contributed by atoms with Crippen LogP contribution in [-0.4, -0.2) is 46.0 Å². The Morgan fingerprint density at radius 1 is 0.912 bits per heavy atom. The quantitative estimate of drug-likeness (QED) is 0.297. The Kier molecular flexibility index (Phi) is 8.43. The molecule has 3 aromatic rings. The first-order valence-corrected chi connectivity index (χ1v) is 11.4. The van der Waals surface area contributed by atoms with Crippen molar-refractivity contribution < 1.29 is 19.5 Å². The Labute approximate surface area is 198 Å². The number of carboxylic acid groups (broad SMARTS) is 1. The topological polar surface area (TPSA) is 137 Å². The first-order valence-electron chi connectivity index (χ1n) is 11.4. The Bertz CT molecular complexity index is 1130. The molecule has 0 saturated heterocycles. The first-order chi connectivity index (χ1) is 16.2. The fourth-order valence-corrected chi connectivity index (χ4v) is 3.93. The van der Waals surface area contributed by atoms with Gasteiger partial charge in [-0.3, -0.25) is 9.59 Å². The summed E-state index contributed by atoms with van der Waals surface area (Å²) >= 11 is 0. The van der Waals surface area contributed by atoms with Crippen LogP contribution in [0.4, 0.5) is 0 Å². The van der Waals surface area contributed by atoms with Crippen LogP contribution in [0.1, 0.15) is 31.4 Å². The van der Waals surface area contributed by atoms with Crippen molar-refractivity contribution in [2.45, 2.75) is 51.2 Å². The van der Waals surface area contributed by atoms with Gasteiger partial charge in [-0.15, -0.1) is 0 Å². The second-order valence-electron chi connectivity index (χ2n) is 8.95. The molecule has 0 radical (unpaired) electrons. The number of amides is 2. The van der Waals surface area contributed by atoms with Crippen molar-refractivity contribution >= 4 is 28.7 Å². The molecule has 34 heavy (non-hydrogen) atoms. The number of hydrogen-bond donors (Lipinski definition) is 5. The van der Waals surface area contributed by atoms with E-state index in [1.165, 1.54) is 0 Å². The molecule has 1 aromatic heterocycles. The second kappa shape index (κ2) is 11.5. The lowest BCUT2D eigenvalue weighted by atomic mass is 10.00.